The first kappa shape index (κ1) is 13.8. The summed E-state index contributed by atoms with van der Waals surface area (Å²) >= 11 is 0. The molecule has 1 atom stereocenters. The number of para-hydroxylation sites is 1. The average Bonchev–Trinajstić information content (AvgIpc) is 3.05. The molecule has 0 fully saturated rings. The van der Waals surface area contributed by atoms with Crippen LogP contribution in [-0.4, -0.2) is 29.0 Å². The second-order valence-electron chi connectivity index (χ2n) is 5.06. The summed E-state index contributed by atoms with van der Waals surface area (Å²) in [6, 6.07) is 7.00. The van der Waals surface area contributed by atoms with Gasteiger partial charge in [0.15, 0.2) is 11.8 Å². The Bertz CT molecular complexity index is 653. The van der Waals surface area contributed by atoms with Crippen LogP contribution in [0.2, 0.25) is 0 Å². The van der Waals surface area contributed by atoms with Crippen molar-refractivity contribution in [2.45, 2.75) is 25.8 Å². The zero-order chi connectivity index (χ0) is 14.8. The monoisotopic (exact) mass is 286 g/mol. The number of aromatic nitrogens is 2. The van der Waals surface area contributed by atoms with E-state index in [1.807, 2.05) is 36.1 Å². The molecule has 2 N–H and O–H groups in total. The molecule has 0 spiro atoms. The van der Waals surface area contributed by atoms with E-state index in [1.54, 1.807) is 0 Å². The summed E-state index contributed by atoms with van der Waals surface area (Å²) < 4.78 is 5.22. The summed E-state index contributed by atoms with van der Waals surface area (Å²) in [5.74, 6) is 1.000. The Kier molecular flexibility index (Phi) is 3.70. The number of fused-ring (bicyclic) bond motifs is 1. The van der Waals surface area contributed by atoms with Gasteiger partial charge in [0.25, 0.3) is 0 Å². The molecule has 21 heavy (non-hydrogen) atoms. The maximum Gasteiger partial charge on any atom is 0.226 e. The number of hydrogen-bond acceptors (Lipinski definition) is 6. The zero-order valence-electron chi connectivity index (χ0n) is 12.0. The maximum absolute atomic E-state index is 12.6. The summed E-state index contributed by atoms with van der Waals surface area (Å²) in [7, 11) is 0. The van der Waals surface area contributed by atoms with Crippen LogP contribution >= 0.6 is 0 Å². The minimum Gasteiger partial charge on any atom is -0.353 e. The Labute approximate surface area is 122 Å². The smallest absolute Gasteiger partial charge is 0.226 e. The molecule has 3 rings (SSSR count). The lowest BCUT2D eigenvalue weighted by atomic mass is 10.1. The Morgan fingerprint density at radius 3 is 2.95 bits per heavy atom. The molecular weight excluding hydrogens is 268 g/mol. The van der Waals surface area contributed by atoms with E-state index < -0.39 is 6.04 Å². The largest absolute Gasteiger partial charge is 0.353 e. The molecule has 0 amide bonds. The van der Waals surface area contributed by atoms with Gasteiger partial charge in [0, 0.05) is 30.8 Å². The SMILES string of the molecule is CCCc1nc(C2C(=O)c3ccccc3N2CCN)no1. The molecule has 110 valence electrons. The van der Waals surface area contributed by atoms with Crippen LogP contribution in [0.25, 0.3) is 0 Å². The fraction of sp³-hybridized carbons (Fsp3) is 0.400. The van der Waals surface area contributed by atoms with E-state index in [1.165, 1.54) is 0 Å². The molecule has 0 aliphatic carbocycles. The molecule has 1 unspecified atom stereocenters. The Morgan fingerprint density at radius 1 is 1.38 bits per heavy atom. The van der Waals surface area contributed by atoms with Crippen molar-refractivity contribution in [3.63, 3.8) is 0 Å². The molecule has 0 bridgehead atoms. The van der Waals surface area contributed by atoms with Gasteiger partial charge in [-0.1, -0.05) is 24.2 Å². The number of Topliss-reactive ketones (excluding diaryl/α,β-unsaturated/α-hetero) is 1. The minimum absolute atomic E-state index is 0.00268. The number of benzene rings is 1. The van der Waals surface area contributed by atoms with Gasteiger partial charge < -0.3 is 15.2 Å². The van der Waals surface area contributed by atoms with Crippen LogP contribution in [0.1, 0.15) is 41.5 Å². The van der Waals surface area contributed by atoms with Crippen molar-refractivity contribution in [2.24, 2.45) is 5.73 Å². The number of nitrogens with zero attached hydrogens (tertiary/aromatic N) is 3. The van der Waals surface area contributed by atoms with Gasteiger partial charge in [0.1, 0.15) is 0 Å². The summed E-state index contributed by atoms with van der Waals surface area (Å²) in [6.07, 6.45) is 1.64. The number of nitrogens with two attached hydrogens (primary N) is 1. The Hall–Kier alpha value is -2.21. The summed E-state index contributed by atoms with van der Waals surface area (Å²) in [6.45, 7) is 3.07. The van der Waals surface area contributed by atoms with E-state index in [-0.39, 0.29) is 5.78 Å². The van der Waals surface area contributed by atoms with Gasteiger partial charge in [-0.05, 0) is 18.6 Å². The molecule has 2 aromatic rings. The van der Waals surface area contributed by atoms with Crippen molar-refractivity contribution in [3.05, 3.63) is 41.5 Å². The maximum atomic E-state index is 12.6. The third kappa shape index (κ3) is 2.31. The second-order valence-corrected chi connectivity index (χ2v) is 5.06. The fourth-order valence-corrected chi connectivity index (χ4v) is 2.70. The van der Waals surface area contributed by atoms with Crippen LogP contribution in [0.4, 0.5) is 5.69 Å². The lowest BCUT2D eigenvalue weighted by Gasteiger charge is -2.23. The molecule has 2 heterocycles. The van der Waals surface area contributed by atoms with Crippen molar-refractivity contribution in [2.75, 3.05) is 18.0 Å². The van der Waals surface area contributed by atoms with Gasteiger partial charge in [-0.15, -0.1) is 0 Å². The summed E-state index contributed by atoms with van der Waals surface area (Å²) in [5.41, 5.74) is 7.27. The third-order valence-corrected chi connectivity index (χ3v) is 3.60. The third-order valence-electron chi connectivity index (χ3n) is 3.60. The lowest BCUT2D eigenvalue weighted by Crippen LogP contribution is -2.33. The quantitative estimate of drug-likeness (QED) is 0.901. The van der Waals surface area contributed by atoms with E-state index in [9.17, 15) is 4.79 Å². The first-order chi connectivity index (χ1) is 10.3. The highest BCUT2D eigenvalue weighted by molar-refractivity contribution is 6.10. The molecule has 6 heteroatoms. The van der Waals surface area contributed by atoms with Crippen LogP contribution in [0.15, 0.2) is 28.8 Å². The van der Waals surface area contributed by atoms with Crippen LogP contribution in [-0.2, 0) is 6.42 Å². The van der Waals surface area contributed by atoms with E-state index in [0.29, 0.717) is 30.4 Å². The number of rotatable bonds is 5. The molecule has 0 saturated carbocycles. The van der Waals surface area contributed by atoms with Gasteiger partial charge in [0.05, 0.1) is 0 Å². The zero-order valence-corrected chi connectivity index (χ0v) is 12.0. The molecule has 0 radical (unpaired) electrons. The molecule has 1 aliphatic rings. The van der Waals surface area contributed by atoms with E-state index in [2.05, 4.69) is 10.1 Å². The van der Waals surface area contributed by atoms with Gasteiger partial charge in [-0.3, -0.25) is 4.79 Å². The van der Waals surface area contributed by atoms with Gasteiger partial charge in [-0.25, -0.2) is 0 Å². The average molecular weight is 286 g/mol. The van der Waals surface area contributed by atoms with E-state index in [0.717, 1.165) is 18.5 Å². The summed E-state index contributed by atoms with van der Waals surface area (Å²) in [5, 5.41) is 3.99. The van der Waals surface area contributed by atoms with Crippen molar-refractivity contribution in [1.29, 1.82) is 0 Å². The number of carbonyl (C=O) groups excluding carboxylic acids is 1. The molecule has 0 saturated heterocycles. The number of anilines is 1. The standard InChI is InChI=1S/C15H18N4O2/c1-2-5-12-17-15(18-21-12)13-14(20)10-6-3-4-7-11(10)19(13)9-8-16/h3-4,6-7,13H,2,5,8-9,16H2,1H3. The predicted molar refractivity (Wildman–Crippen MR) is 78.2 cm³/mol. The number of carbonyl (C=O) groups is 1. The fourth-order valence-electron chi connectivity index (χ4n) is 2.70. The molecule has 1 aromatic carbocycles. The Morgan fingerprint density at radius 2 is 2.19 bits per heavy atom. The highest BCUT2D eigenvalue weighted by Crippen LogP contribution is 2.38. The number of aryl methyl sites for hydroxylation is 1. The van der Waals surface area contributed by atoms with Crippen LogP contribution in [0.5, 0.6) is 0 Å². The van der Waals surface area contributed by atoms with Crippen molar-refractivity contribution < 1.29 is 9.32 Å². The van der Waals surface area contributed by atoms with Gasteiger partial charge in [0.2, 0.25) is 11.7 Å². The Balaban J connectivity index is 1.98. The van der Waals surface area contributed by atoms with Crippen LogP contribution < -0.4 is 10.6 Å². The van der Waals surface area contributed by atoms with Crippen molar-refractivity contribution >= 4 is 11.5 Å². The lowest BCUT2D eigenvalue weighted by molar-refractivity contribution is 0.0966. The normalized spacial score (nSPS) is 17.3. The molecule has 6 nitrogen and oxygen atoms in total. The highest BCUT2D eigenvalue weighted by atomic mass is 16.5. The number of ketones is 1. The topological polar surface area (TPSA) is 85.2 Å². The molecular formula is C15H18N4O2. The molecule has 1 aromatic heterocycles. The second kappa shape index (κ2) is 5.65. The van der Waals surface area contributed by atoms with Gasteiger partial charge in [-0.2, -0.15) is 4.98 Å². The minimum atomic E-state index is -0.527. The molecule has 1 aliphatic heterocycles. The van der Waals surface area contributed by atoms with E-state index >= 15 is 0 Å². The first-order valence-corrected chi connectivity index (χ1v) is 7.18. The summed E-state index contributed by atoms with van der Waals surface area (Å²) in [4.78, 5) is 19.0. The van der Waals surface area contributed by atoms with Crippen LogP contribution in [0, 0.1) is 0 Å². The predicted octanol–water partition coefficient (Wildman–Crippen LogP) is 1.72. The van der Waals surface area contributed by atoms with E-state index in [4.69, 9.17) is 10.3 Å². The van der Waals surface area contributed by atoms with Crippen molar-refractivity contribution in [1.82, 2.24) is 10.1 Å². The van der Waals surface area contributed by atoms with Crippen LogP contribution in [0.3, 0.4) is 0 Å². The number of hydrogen-bond donors (Lipinski definition) is 1. The first-order valence-electron chi connectivity index (χ1n) is 7.18. The van der Waals surface area contributed by atoms with Gasteiger partial charge >= 0.3 is 0 Å². The highest BCUT2D eigenvalue weighted by Gasteiger charge is 2.40. The van der Waals surface area contributed by atoms with Crippen molar-refractivity contribution in [3.8, 4) is 0 Å².